The Morgan fingerprint density at radius 3 is 2.53 bits per heavy atom. The van der Waals surface area contributed by atoms with Gasteiger partial charge in [-0.25, -0.2) is 4.79 Å². The van der Waals surface area contributed by atoms with Crippen LogP contribution in [0.4, 0.5) is 0 Å². The maximum Gasteiger partial charge on any atom is 0.358 e. The van der Waals surface area contributed by atoms with E-state index >= 15 is 0 Å². The zero-order valence-corrected chi connectivity index (χ0v) is 20.6. The molecule has 1 N–H and O–H groups in total. The van der Waals surface area contributed by atoms with Crippen LogP contribution >= 0.6 is 23.6 Å². The minimum absolute atomic E-state index is 0.132. The fourth-order valence-electron chi connectivity index (χ4n) is 3.74. The van der Waals surface area contributed by atoms with Gasteiger partial charge in [0.2, 0.25) is 12.7 Å². The highest BCUT2D eigenvalue weighted by molar-refractivity contribution is 7.81. The van der Waals surface area contributed by atoms with Crippen LogP contribution in [0, 0.1) is 11.3 Å². The molecule has 2 aliphatic rings. The maximum absolute atomic E-state index is 13.0. The van der Waals surface area contributed by atoms with Crippen molar-refractivity contribution in [3.63, 3.8) is 0 Å². The van der Waals surface area contributed by atoms with Crippen molar-refractivity contribution in [3.05, 3.63) is 27.6 Å². The first kappa shape index (κ1) is 24.3. The first-order valence-corrected chi connectivity index (χ1v) is 11.5. The summed E-state index contributed by atoms with van der Waals surface area (Å²) < 4.78 is 10.2. The number of amides is 1. The summed E-state index contributed by atoms with van der Waals surface area (Å²) >= 11 is 6.87. The number of β-lactam (4-membered cyclic amide) rings is 1. The number of thiophene rings is 1. The number of thiocarbonyl (C=S) groups is 1. The molecule has 3 atom stereocenters. The number of esters is 2. The third-order valence-corrected chi connectivity index (χ3v) is 7.30. The van der Waals surface area contributed by atoms with Crippen molar-refractivity contribution in [2.24, 2.45) is 11.3 Å². The van der Waals surface area contributed by atoms with Crippen molar-refractivity contribution in [2.75, 3.05) is 20.9 Å². The van der Waals surface area contributed by atoms with Crippen LogP contribution < -0.4 is 0 Å². The normalized spacial score (nSPS) is 21.1. The molecule has 0 bridgehead atoms. The quantitative estimate of drug-likeness (QED) is 0.287. The van der Waals surface area contributed by atoms with Crippen molar-refractivity contribution in [1.29, 1.82) is 0 Å². The molecule has 1 amide bonds. The van der Waals surface area contributed by atoms with E-state index in [0.717, 1.165) is 9.75 Å². The van der Waals surface area contributed by atoms with E-state index in [1.807, 2.05) is 31.1 Å². The van der Waals surface area contributed by atoms with Crippen molar-refractivity contribution in [1.82, 2.24) is 9.80 Å². The van der Waals surface area contributed by atoms with Gasteiger partial charge in [0.1, 0.15) is 10.7 Å². The molecule has 8 nitrogen and oxygen atoms in total. The Kier molecular flexibility index (Phi) is 6.78. The minimum atomic E-state index is -0.826. The number of aliphatic hydroxyl groups is 1. The van der Waals surface area contributed by atoms with E-state index in [0.29, 0.717) is 17.0 Å². The third-order valence-electron chi connectivity index (χ3n) is 5.43. The van der Waals surface area contributed by atoms with Crippen LogP contribution in [-0.4, -0.2) is 70.8 Å². The van der Waals surface area contributed by atoms with E-state index in [9.17, 15) is 19.5 Å². The lowest BCUT2D eigenvalue weighted by atomic mass is 9.83. The van der Waals surface area contributed by atoms with Gasteiger partial charge in [0.25, 0.3) is 0 Å². The van der Waals surface area contributed by atoms with Crippen LogP contribution in [0.1, 0.15) is 43.9 Å². The smallest absolute Gasteiger partial charge is 0.358 e. The molecule has 0 spiro atoms. The zero-order valence-electron chi connectivity index (χ0n) is 19.0. The number of nitrogens with zero attached hydrogens (tertiary/aromatic N) is 2. The molecular formula is C22H28N2O6S2. The molecule has 0 aromatic carbocycles. The maximum atomic E-state index is 13.0. The highest BCUT2D eigenvalue weighted by Crippen LogP contribution is 2.48. The van der Waals surface area contributed by atoms with E-state index in [1.165, 1.54) is 16.2 Å². The van der Waals surface area contributed by atoms with Gasteiger partial charge in [0.15, 0.2) is 0 Å². The summed E-state index contributed by atoms with van der Waals surface area (Å²) in [5.41, 5.74) is 0.0650. The average molecular weight is 481 g/mol. The summed E-state index contributed by atoms with van der Waals surface area (Å²) in [5, 5.41) is 10.0. The van der Waals surface area contributed by atoms with Crippen LogP contribution in [-0.2, 0) is 23.9 Å². The van der Waals surface area contributed by atoms with Crippen molar-refractivity contribution < 1.29 is 29.0 Å². The molecule has 3 rings (SSSR count). The number of hydrogen-bond donors (Lipinski definition) is 1. The van der Waals surface area contributed by atoms with Gasteiger partial charge in [-0.2, -0.15) is 0 Å². The summed E-state index contributed by atoms with van der Waals surface area (Å²) in [6.07, 6.45) is -0.407. The Labute approximate surface area is 196 Å². The van der Waals surface area contributed by atoms with Crippen molar-refractivity contribution in [2.45, 2.75) is 46.3 Å². The lowest BCUT2D eigenvalue weighted by Gasteiger charge is -2.44. The summed E-state index contributed by atoms with van der Waals surface area (Å²) in [6, 6.07) is 3.43. The molecule has 32 heavy (non-hydrogen) atoms. The number of ether oxygens (including phenoxy) is 2. The predicted octanol–water partition coefficient (Wildman–Crippen LogP) is 2.40. The first-order valence-electron chi connectivity index (χ1n) is 10.2. The van der Waals surface area contributed by atoms with Crippen LogP contribution in [0.25, 0.3) is 5.57 Å². The lowest BCUT2D eigenvalue weighted by molar-refractivity contribution is -0.175. The molecule has 1 fully saturated rings. The van der Waals surface area contributed by atoms with Crippen LogP contribution in [0.5, 0.6) is 0 Å². The molecule has 3 unspecified atom stereocenters. The number of aliphatic hydroxyl groups excluding tert-OH is 1. The van der Waals surface area contributed by atoms with Gasteiger partial charge in [0.05, 0.1) is 28.4 Å². The van der Waals surface area contributed by atoms with Crippen LogP contribution in [0.15, 0.2) is 17.8 Å². The lowest BCUT2D eigenvalue weighted by Crippen LogP contribution is -2.61. The fourth-order valence-corrected chi connectivity index (χ4v) is 5.01. The highest BCUT2D eigenvalue weighted by atomic mass is 32.1. The second kappa shape index (κ2) is 8.92. The second-order valence-corrected chi connectivity index (χ2v) is 10.6. The van der Waals surface area contributed by atoms with Gasteiger partial charge in [-0.3, -0.25) is 9.59 Å². The van der Waals surface area contributed by atoms with Crippen molar-refractivity contribution >= 4 is 52.0 Å². The largest absolute Gasteiger partial charge is 0.427 e. The second-order valence-electron chi connectivity index (χ2n) is 9.17. The summed E-state index contributed by atoms with van der Waals surface area (Å²) in [6.45, 7) is 6.11. The number of hydrogen-bond acceptors (Lipinski definition) is 8. The van der Waals surface area contributed by atoms with E-state index in [-0.39, 0.29) is 17.6 Å². The van der Waals surface area contributed by atoms with Crippen LogP contribution in [0.2, 0.25) is 0 Å². The molecule has 1 saturated heterocycles. The van der Waals surface area contributed by atoms with Crippen LogP contribution in [0.3, 0.4) is 0 Å². The van der Waals surface area contributed by atoms with Gasteiger partial charge < -0.3 is 24.4 Å². The minimum Gasteiger partial charge on any atom is -0.427 e. The number of rotatable bonds is 6. The van der Waals surface area contributed by atoms with Crippen molar-refractivity contribution in [3.8, 4) is 0 Å². The number of fused-ring (bicyclic) bond motifs is 1. The monoisotopic (exact) mass is 480 g/mol. The van der Waals surface area contributed by atoms with Gasteiger partial charge in [-0.05, 0) is 46.2 Å². The van der Waals surface area contributed by atoms with Gasteiger partial charge >= 0.3 is 11.9 Å². The Bertz CT molecular complexity index is 989. The molecule has 1 aromatic heterocycles. The highest BCUT2D eigenvalue weighted by Gasteiger charge is 2.57. The SMILES string of the molecule is CC(O)C1C(=O)N2C(C(=O)OCOC(=O)C(C)(C)C)=C(c3ccc(C(=S)N(C)C)s3)CC12. The summed E-state index contributed by atoms with van der Waals surface area (Å²) in [7, 11) is 3.71. The third kappa shape index (κ3) is 4.44. The fraction of sp³-hybridized carbons (Fsp3) is 0.545. The Morgan fingerprint density at radius 1 is 1.31 bits per heavy atom. The zero-order chi connectivity index (χ0) is 24.0. The molecule has 3 heterocycles. The molecule has 2 aliphatic heterocycles. The Balaban J connectivity index is 1.87. The molecule has 0 aliphatic carbocycles. The van der Waals surface area contributed by atoms with E-state index in [2.05, 4.69) is 0 Å². The predicted molar refractivity (Wildman–Crippen MR) is 124 cm³/mol. The molecule has 10 heteroatoms. The summed E-state index contributed by atoms with van der Waals surface area (Å²) in [5.74, 6) is -2.14. The molecule has 1 aromatic rings. The van der Waals surface area contributed by atoms with E-state index in [4.69, 9.17) is 21.7 Å². The number of carbonyl (C=O) groups is 3. The standard InChI is InChI=1S/C22H28N2O6S2/c1-11(25)16-13-9-12(14-7-8-15(32-14)19(31)23(5)6)17(24(13)18(16)26)20(27)29-10-30-21(28)22(2,3)4/h7-8,11,13,16,25H,9-10H2,1-6H3. The first-order chi connectivity index (χ1) is 14.8. The van der Waals surface area contributed by atoms with Gasteiger partial charge in [-0.15, -0.1) is 11.3 Å². The van der Waals surface area contributed by atoms with Gasteiger partial charge in [-0.1, -0.05) is 12.2 Å². The van der Waals surface area contributed by atoms with Gasteiger partial charge in [0, 0.05) is 24.5 Å². The molecule has 0 saturated carbocycles. The topological polar surface area (TPSA) is 96.4 Å². The molecule has 0 radical (unpaired) electrons. The summed E-state index contributed by atoms with van der Waals surface area (Å²) in [4.78, 5) is 43.2. The molecule has 174 valence electrons. The van der Waals surface area contributed by atoms with E-state index in [1.54, 1.807) is 27.7 Å². The Morgan fingerprint density at radius 2 is 1.97 bits per heavy atom. The average Bonchev–Trinajstić information content (AvgIpc) is 3.28. The Hall–Kier alpha value is -2.30. The van der Waals surface area contributed by atoms with E-state index < -0.39 is 36.2 Å². The number of carbonyl (C=O) groups excluding carboxylic acids is 3. The molecular weight excluding hydrogens is 452 g/mol.